The minimum absolute atomic E-state index is 0.0329. The van der Waals surface area contributed by atoms with Gasteiger partial charge in [0.25, 0.3) is 5.91 Å². The number of likely N-dealkylation sites (tertiary alicyclic amines) is 1. The molecule has 1 fully saturated rings. The molecule has 1 aliphatic heterocycles. The van der Waals surface area contributed by atoms with Gasteiger partial charge in [0.15, 0.2) is 6.61 Å². The first kappa shape index (κ1) is 17.8. The zero-order chi connectivity index (χ0) is 18.7. The van der Waals surface area contributed by atoms with Gasteiger partial charge in [0.05, 0.1) is 12.7 Å². The number of nitrogens with zero attached hydrogens (tertiary/aromatic N) is 1. The molecule has 0 bridgehead atoms. The summed E-state index contributed by atoms with van der Waals surface area (Å²) in [6.07, 6.45) is 2.46. The fourth-order valence-electron chi connectivity index (χ4n) is 3.06. The number of phenolic OH excluding ortho intramolecular Hbond substituents is 1. The van der Waals surface area contributed by atoms with E-state index in [1.807, 2.05) is 0 Å². The molecule has 0 saturated carbocycles. The number of rotatable bonds is 5. The van der Waals surface area contributed by atoms with Crippen LogP contribution in [0.4, 0.5) is 0 Å². The Bertz CT molecular complexity index is 835. The van der Waals surface area contributed by atoms with Crippen LogP contribution in [0, 0.1) is 5.92 Å². The quantitative estimate of drug-likeness (QED) is 0.765. The summed E-state index contributed by atoms with van der Waals surface area (Å²) in [7, 11) is 0. The van der Waals surface area contributed by atoms with Gasteiger partial charge in [-0.1, -0.05) is 0 Å². The smallest absolute Gasteiger partial charge is 0.310 e. The van der Waals surface area contributed by atoms with E-state index in [1.54, 1.807) is 11.0 Å². The number of aromatic hydroxyl groups is 1. The number of hydrogen-bond donors (Lipinski definition) is 2. The maximum atomic E-state index is 12.1. The van der Waals surface area contributed by atoms with Crippen molar-refractivity contribution in [1.82, 2.24) is 4.90 Å². The normalized spacial score (nSPS) is 15.2. The maximum Gasteiger partial charge on any atom is 0.310 e. The maximum absolute atomic E-state index is 12.1. The fourth-order valence-corrected chi connectivity index (χ4v) is 3.06. The Balaban J connectivity index is 1.49. The Kier molecular flexibility index (Phi) is 5.11. The lowest BCUT2D eigenvalue weighted by atomic mass is 9.96. The Morgan fingerprint density at radius 2 is 2.00 bits per heavy atom. The average Bonchev–Trinajstić information content (AvgIpc) is 3.01. The first-order valence-corrected chi connectivity index (χ1v) is 8.36. The van der Waals surface area contributed by atoms with E-state index in [0.29, 0.717) is 42.5 Å². The minimum Gasteiger partial charge on any atom is -0.508 e. The molecule has 1 aromatic heterocycles. The van der Waals surface area contributed by atoms with Crippen molar-refractivity contribution in [2.45, 2.75) is 19.3 Å². The SMILES string of the molecule is NC(=O)C1CCN(C(=O)COC(=O)Cc2coc3cc(O)ccc23)CC1. The van der Waals surface area contributed by atoms with E-state index >= 15 is 0 Å². The number of benzene rings is 1. The molecule has 2 amide bonds. The van der Waals surface area contributed by atoms with Crippen LogP contribution in [0.25, 0.3) is 11.0 Å². The first-order valence-electron chi connectivity index (χ1n) is 8.36. The van der Waals surface area contributed by atoms with Crippen molar-refractivity contribution in [3.63, 3.8) is 0 Å². The molecule has 1 aromatic carbocycles. The monoisotopic (exact) mass is 360 g/mol. The molecule has 138 valence electrons. The van der Waals surface area contributed by atoms with Crippen LogP contribution in [0.1, 0.15) is 18.4 Å². The standard InChI is InChI=1S/C18H20N2O6/c19-18(24)11-3-5-20(6-4-11)16(22)10-26-17(23)7-12-9-25-15-8-13(21)1-2-14(12)15/h1-2,8-9,11,21H,3-7,10H2,(H2,19,24). The van der Waals surface area contributed by atoms with E-state index in [9.17, 15) is 19.5 Å². The van der Waals surface area contributed by atoms with Crippen LogP contribution in [0.15, 0.2) is 28.9 Å². The van der Waals surface area contributed by atoms with Crippen LogP contribution in [0.5, 0.6) is 5.75 Å². The summed E-state index contributed by atoms with van der Waals surface area (Å²) in [6, 6.07) is 4.63. The molecular formula is C18H20N2O6. The lowest BCUT2D eigenvalue weighted by Crippen LogP contribution is -2.43. The van der Waals surface area contributed by atoms with Gasteiger partial charge in [-0.25, -0.2) is 0 Å². The third-order valence-corrected chi connectivity index (χ3v) is 4.58. The van der Waals surface area contributed by atoms with Gasteiger partial charge in [-0.15, -0.1) is 0 Å². The first-order chi connectivity index (χ1) is 12.4. The summed E-state index contributed by atoms with van der Waals surface area (Å²) in [4.78, 5) is 36.8. The van der Waals surface area contributed by atoms with E-state index in [-0.39, 0.29) is 36.5 Å². The third kappa shape index (κ3) is 3.96. The Morgan fingerprint density at radius 1 is 1.27 bits per heavy atom. The van der Waals surface area contributed by atoms with Crippen LogP contribution >= 0.6 is 0 Å². The fraction of sp³-hybridized carbons (Fsp3) is 0.389. The summed E-state index contributed by atoms with van der Waals surface area (Å²) < 4.78 is 10.4. The number of carbonyl (C=O) groups excluding carboxylic acids is 3. The summed E-state index contributed by atoms with van der Waals surface area (Å²) in [6.45, 7) is 0.524. The summed E-state index contributed by atoms with van der Waals surface area (Å²) in [5.74, 6) is -1.30. The number of nitrogens with two attached hydrogens (primary N) is 1. The molecule has 0 atom stereocenters. The highest BCUT2D eigenvalue weighted by molar-refractivity contribution is 5.87. The van der Waals surface area contributed by atoms with Gasteiger partial charge in [0.2, 0.25) is 5.91 Å². The van der Waals surface area contributed by atoms with Crippen LogP contribution < -0.4 is 5.73 Å². The number of piperidine rings is 1. The molecule has 1 aliphatic rings. The average molecular weight is 360 g/mol. The molecule has 26 heavy (non-hydrogen) atoms. The van der Waals surface area contributed by atoms with Gasteiger partial charge in [-0.05, 0) is 25.0 Å². The van der Waals surface area contributed by atoms with Crippen LogP contribution in [0.2, 0.25) is 0 Å². The number of esters is 1. The second-order valence-corrected chi connectivity index (χ2v) is 6.34. The zero-order valence-electron chi connectivity index (χ0n) is 14.1. The molecule has 3 N–H and O–H groups in total. The summed E-state index contributed by atoms with van der Waals surface area (Å²) >= 11 is 0. The molecule has 2 aromatic rings. The van der Waals surface area contributed by atoms with Gasteiger partial charge in [-0.2, -0.15) is 0 Å². The Labute approximate surface area is 149 Å². The largest absolute Gasteiger partial charge is 0.508 e. The van der Waals surface area contributed by atoms with Gasteiger partial charge in [-0.3, -0.25) is 14.4 Å². The van der Waals surface area contributed by atoms with Gasteiger partial charge in [0.1, 0.15) is 11.3 Å². The number of carbonyl (C=O) groups is 3. The number of primary amides is 1. The zero-order valence-corrected chi connectivity index (χ0v) is 14.1. The van der Waals surface area contributed by atoms with Gasteiger partial charge >= 0.3 is 5.97 Å². The van der Waals surface area contributed by atoms with Crippen molar-refractivity contribution in [3.05, 3.63) is 30.0 Å². The Hall–Kier alpha value is -3.03. The van der Waals surface area contributed by atoms with E-state index in [1.165, 1.54) is 18.4 Å². The number of phenols is 1. The molecule has 2 heterocycles. The van der Waals surface area contributed by atoms with Gasteiger partial charge < -0.3 is 24.9 Å². The molecule has 3 rings (SSSR count). The van der Waals surface area contributed by atoms with E-state index in [0.717, 1.165) is 0 Å². The van der Waals surface area contributed by atoms with Crippen molar-refractivity contribution in [2.75, 3.05) is 19.7 Å². The summed E-state index contributed by atoms with van der Waals surface area (Å²) in [5.41, 5.74) is 6.36. The molecule has 0 unspecified atom stereocenters. The number of fused-ring (bicyclic) bond motifs is 1. The van der Waals surface area contributed by atoms with Crippen molar-refractivity contribution in [1.29, 1.82) is 0 Å². The van der Waals surface area contributed by atoms with E-state index in [4.69, 9.17) is 14.9 Å². The molecule has 0 spiro atoms. The highest BCUT2D eigenvalue weighted by Crippen LogP contribution is 2.25. The molecule has 8 nitrogen and oxygen atoms in total. The van der Waals surface area contributed by atoms with E-state index in [2.05, 4.69) is 0 Å². The van der Waals surface area contributed by atoms with Crippen LogP contribution in [-0.4, -0.2) is 47.5 Å². The number of amides is 2. The molecular weight excluding hydrogens is 340 g/mol. The molecule has 1 saturated heterocycles. The van der Waals surface area contributed by atoms with Crippen molar-refractivity contribution < 1.29 is 28.6 Å². The van der Waals surface area contributed by atoms with Crippen molar-refractivity contribution in [2.24, 2.45) is 11.7 Å². The molecule has 0 radical (unpaired) electrons. The minimum atomic E-state index is -0.541. The van der Waals surface area contributed by atoms with Crippen LogP contribution in [-0.2, 0) is 25.5 Å². The lowest BCUT2D eigenvalue weighted by Gasteiger charge is -2.30. The topological polar surface area (TPSA) is 123 Å². The molecule has 0 aliphatic carbocycles. The predicted octanol–water partition coefficient (Wildman–Crippen LogP) is 0.948. The number of ether oxygens (including phenoxy) is 1. The van der Waals surface area contributed by atoms with Crippen molar-refractivity contribution >= 4 is 28.8 Å². The second-order valence-electron chi connectivity index (χ2n) is 6.34. The third-order valence-electron chi connectivity index (χ3n) is 4.58. The number of furan rings is 1. The highest BCUT2D eigenvalue weighted by atomic mass is 16.5. The second kappa shape index (κ2) is 7.47. The van der Waals surface area contributed by atoms with E-state index < -0.39 is 5.97 Å². The molecule has 8 heteroatoms. The summed E-state index contributed by atoms with van der Waals surface area (Å²) in [5, 5.41) is 10.1. The highest BCUT2D eigenvalue weighted by Gasteiger charge is 2.26. The Morgan fingerprint density at radius 3 is 2.69 bits per heavy atom. The van der Waals surface area contributed by atoms with Gasteiger partial charge in [0, 0.05) is 36.0 Å². The van der Waals surface area contributed by atoms with Crippen LogP contribution in [0.3, 0.4) is 0 Å². The lowest BCUT2D eigenvalue weighted by molar-refractivity contribution is -0.152. The number of hydrogen-bond acceptors (Lipinski definition) is 6. The van der Waals surface area contributed by atoms with Crippen molar-refractivity contribution in [3.8, 4) is 5.75 Å². The predicted molar refractivity (Wildman–Crippen MR) is 91.0 cm³/mol.